The summed E-state index contributed by atoms with van der Waals surface area (Å²) in [6.45, 7) is -0.210. The Kier molecular flexibility index (Phi) is 7.19. The molecule has 200 valence electrons. The standard InChI is InChI=1S/C27H26F2N2O6S/c1-38(34,35)14-15-2-4-16(5-3-15)17-6-8-18(9-7-17)24-20(28)11-21-26(25(24)29)31-27(30-21)37-19-10-22(33)23(12-32)36-13-19/h2-9,11,19,22-23,32-33H,10,12-14H2,1H3,(H,30,31)/t19-,22+,23-/m1/s1. The number of aliphatic hydroxyl groups excluding tert-OH is 2. The van der Waals surface area contributed by atoms with Gasteiger partial charge in [-0.2, -0.15) is 4.98 Å². The molecule has 8 nitrogen and oxygen atoms in total. The zero-order valence-electron chi connectivity index (χ0n) is 20.4. The van der Waals surface area contributed by atoms with Crippen LogP contribution >= 0.6 is 0 Å². The third-order valence-corrected chi connectivity index (χ3v) is 7.28. The molecule has 1 fully saturated rings. The van der Waals surface area contributed by atoms with E-state index in [-0.39, 0.29) is 48.0 Å². The average Bonchev–Trinajstić information content (AvgIpc) is 3.26. The van der Waals surface area contributed by atoms with Crippen LogP contribution in [0.1, 0.15) is 12.0 Å². The molecule has 5 rings (SSSR count). The van der Waals surface area contributed by atoms with Gasteiger partial charge in [-0.1, -0.05) is 48.5 Å². The second-order valence-electron chi connectivity index (χ2n) is 9.43. The van der Waals surface area contributed by atoms with Gasteiger partial charge in [-0.05, 0) is 22.3 Å². The lowest BCUT2D eigenvalue weighted by molar-refractivity contribution is -0.131. The number of fused-ring (bicyclic) bond motifs is 1. The van der Waals surface area contributed by atoms with Gasteiger partial charge in [0.25, 0.3) is 6.01 Å². The molecule has 1 aliphatic rings. The summed E-state index contributed by atoms with van der Waals surface area (Å²) in [6.07, 6.45) is -0.815. The van der Waals surface area contributed by atoms with Crippen LogP contribution in [0.25, 0.3) is 33.3 Å². The molecule has 1 saturated heterocycles. The number of aromatic amines is 1. The van der Waals surface area contributed by atoms with E-state index in [2.05, 4.69) is 9.97 Å². The Morgan fingerprint density at radius 1 is 1.08 bits per heavy atom. The number of halogens is 2. The van der Waals surface area contributed by atoms with E-state index in [1.165, 1.54) is 6.26 Å². The average molecular weight is 545 g/mol. The molecule has 3 aromatic carbocycles. The summed E-state index contributed by atoms with van der Waals surface area (Å²) in [5, 5.41) is 19.2. The summed E-state index contributed by atoms with van der Waals surface area (Å²) >= 11 is 0. The van der Waals surface area contributed by atoms with Crippen molar-refractivity contribution in [2.45, 2.75) is 30.5 Å². The summed E-state index contributed by atoms with van der Waals surface area (Å²) in [5.74, 6) is -1.66. The van der Waals surface area contributed by atoms with E-state index in [1.54, 1.807) is 48.5 Å². The molecule has 0 amide bonds. The van der Waals surface area contributed by atoms with E-state index in [9.17, 15) is 18.6 Å². The Hall–Kier alpha value is -3.38. The van der Waals surface area contributed by atoms with Crippen molar-refractivity contribution in [3.8, 4) is 28.3 Å². The Balaban J connectivity index is 1.37. The van der Waals surface area contributed by atoms with E-state index < -0.39 is 39.8 Å². The van der Waals surface area contributed by atoms with E-state index in [1.807, 2.05) is 0 Å². The van der Waals surface area contributed by atoms with E-state index >= 15 is 8.78 Å². The van der Waals surface area contributed by atoms with E-state index in [0.717, 1.165) is 17.2 Å². The minimum atomic E-state index is -3.14. The van der Waals surface area contributed by atoms with Crippen LogP contribution < -0.4 is 4.74 Å². The van der Waals surface area contributed by atoms with Crippen molar-refractivity contribution in [2.24, 2.45) is 0 Å². The number of rotatable bonds is 7. The number of nitrogens with one attached hydrogen (secondary N) is 1. The maximum Gasteiger partial charge on any atom is 0.295 e. The number of aromatic nitrogens is 2. The van der Waals surface area contributed by atoms with Gasteiger partial charge >= 0.3 is 0 Å². The van der Waals surface area contributed by atoms with Gasteiger partial charge in [-0.25, -0.2) is 17.2 Å². The number of imidazole rings is 1. The molecule has 0 radical (unpaired) electrons. The van der Waals surface area contributed by atoms with E-state index in [0.29, 0.717) is 11.1 Å². The van der Waals surface area contributed by atoms with Crippen LogP contribution in [0.4, 0.5) is 8.78 Å². The summed E-state index contributed by atoms with van der Waals surface area (Å²) in [6, 6.07) is 14.9. The fourth-order valence-electron chi connectivity index (χ4n) is 4.55. The summed E-state index contributed by atoms with van der Waals surface area (Å²) in [5.41, 5.74) is 2.44. The molecule has 38 heavy (non-hydrogen) atoms. The number of hydrogen-bond donors (Lipinski definition) is 3. The Labute approximate surface area is 217 Å². The maximum absolute atomic E-state index is 15.5. The van der Waals surface area contributed by atoms with Gasteiger partial charge in [0.2, 0.25) is 0 Å². The van der Waals surface area contributed by atoms with Crippen LogP contribution in [-0.4, -0.2) is 66.4 Å². The number of benzene rings is 3. The minimum Gasteiger partial charge on any atom is -0.459 e. The number of aliphatic hydroxyl groups is 2. The highest BCUT2D eigenvalue weighted by molar-refractivity contribution is 7.89. The lowest BCUT2D eigenvalue weighted by Crippen LogP contribution is -2.45. The minimum absolute atomic E-state index is 0.0339. The van der Waals surface area contributed by atoms with Crippen LogP contribution in [0.15, 0.2) is 54.6 Å². The first-order valence-corrected chi connectivity index (χ1v) is 14.0. The van der Waals surface area contributed by atoms with Crippen molar-refractivity contribution in [2.75, 3.05) is 19.5 Å². The first kappa shape index (κ1) is 26.2. The predicted molar refractivity (Wildman–Crippen MR) is 137 cm³/mol. The third-order valence-electron chi connectivity index (χ3n) is 6.43. The molecule has 0 bridgehead atoms. The molecule has 0 saturated carbocycles. The molecule has 3 N–H and O–H groups in total. The summed E-state index contributed by atoms with van der Waals surface area (Å²) in [7, 11) is -3.14. The molecular formula is C27H26F2N2O6S. The molecule has 11 heteroatoms. The zero-order chi connectivity index (χ0) is 27.0. The van der Waals surface area contributed by atoms with Gasteiger partial charge in [0, 0.05) is 18.7 Å². The lowest BCUT2D eigenvalue weighted by Gasteiger charge is -2.31. The van der Waals surface area contributed by atoms with Crippen molar-refractivity contribution in [3.05, 3.63) is 71.8 Å². The fourth-order valence-corrected chi connectivity index (χ4v) is 5.35. The first-order valence-electron chi connectivity index (χ1n) is 11.9. The second kappa shape index (κ2) is 10.4. The van der Waals surface area contributed by atoms with E-state index in [4.69, 9.17) is 9.47 Å². The third kappa shape index (κ3) is 5.56. The quantitative estimate of drug-likeness (QED) is 0.325. The largest absolute Gasteiger partial charge is 0.459 e. The number of nitrogens with zero attached hydrogens (tertiary/aromatic N) is 1. The maximum atomic E-state index is 15.5. The predicted octanol–water partition coefficient (Wildman–Crippen LogP) is 3.61. The first-order chi connectivity index (χ1) is 18.1. The van der Waals surface area contributed by atoms with Crippen molar-refractivity contribution < 1.29 is 36.9 Å². The van der Waals surface area contributed by atoms with Gasteiger partial charge in [0.1, 0.15) is 23.5 Å². The van der Waals surface area contributed by atoms with Gasteiger partial charge in [-0.15, -0.1) is 0 Å². The van der Waals surface area contributed by atoms with Gasteiger partial charge < -0.3 is 24.7 Å². The summed E-state index contributed by atoms with van der Waals surface area (Å²) < 4.78 is 64.5. The van der Waals surface area contributed by atoms with Gasteiger partial charge in [0.15, 0.2) is 15.7 Å². The van der Waals surface area contributed by atoms with Gasteiger partial charge in [-0.3, -0.25) is 0 Å². The number of ether oxygens (including phenoxy) is 2. The fraction of sp³-hybridized carbons (Fsp3) is 0.296. The molecule has 4 aromatic rings. The Morgan fingerprint density at radius 3 is 2.32 bits per heavy atom. The molecule has 2 heterocycles. The highest BCUT2D eigenvalue weighted by Gasteiger charge is 2.31. The van der Waals surface area contributed by atoms with Crippen LogP contribution in [0.2, 0.25) is 0 Å². The second-order valence-corrected chi connectivity index (χ2v) is 11.6. The topological polar surface area (TPSA) is 122 Å². The molecule has 1 aliphatic heterocycles. The van der Waals surface area contributed by atoms with Crippen molar-refractivity contribution in [1.82, 2.24) is 9.97 Å². The van der Waals surface area contributed by atoms with Crippen molar-refractivity contribution in [1.29, 1.82) is 0 Å². The van der Waals surface area contributed by atoms with Crippen LogP contribution in [0.5, 0.6) is 6.01 Å². The molecule has 3 atom stereocenters. The number of H-pyrrole nitrogens is 1. The van der Waals surface area contributed by atoms with Crippen molar-refractivity contribution in [3.63, 3.8) is 0 Å². The Morgan fingerprint density at radius 2 is 1.71 bits per heavy atom. The SMILES string of the molecule is CS(=O)(=O)Cc1ccc(-c2ccc(-c3c(F)cc4[nH]c(O[C@H]5CO[C@H](CO)[C@@H](O)C5)nc4c3F)cc2)cc1. The summed E-state index contributed by atoms with van der Waals surface area (Å²) in [4.78, 5) is 6.90. The smallest absolute Gasteiger partial charge is 0.295 e. The molecule has 1 aromatic heterocycles. The van der Waals surface area contributed by atoms with Crippen LogP contribution in [-0.2, 0) is 20.3 Å². The van der Waals surface area contributed by atoms with Crippen LogP contribution in [0.3, 0.4) is 0 Å². The normalized spacial score (nSPS) is 20.1. The Bertz CT molecular complexity index is 1560. The highest BCUT2D eigenvalue weighted by atomic mass is 32.2. The van der Waals surface area contributed by atoms with Gasteiger partial charge in [0.05, 0.1) is 36.2 Å². The molecule has 0 aliphatic carbocycles. The van der Waals surface area contributed by atoms with Crippen molar-refractivity contribution >= 4 is 20.9 Å². The number of sulfone groups is 1. The lowest BCUT2D eigenvalue weighted by atomic mass is 9.98. The highest BCUT2D eigenvalue weighted by Crippen LogP contribution is 2.34. The monoisotopic (exact) mass is 544 g/mol. The molecular weight excluding hydrogens is 518 g/mol. The molecule has 0 unspecified atom stereocenters. The van der Waals surface area contributed by atoms with Crippen LogP contribution in [0, 0.1) is 11.6 Å². The molecule has 0 spiro atoms. The zero-order valence-corrected chi connectivity index (χ0v) is 21.2. The number of hydrogen-bond acceptors (Lipinski definition) is 7.